The number of halogens is 3. The van der Waals surface area contributed by atoms with Gasteiger partial charge in [0.15, 0.2) is 0 Å². The smallest absolute Gasteiger partial charge is 0.137 e. The molecule has 2 aromatic carbocycles. The average molecular weight is 342 g/mol. The van der Waals surface area contributed by atoms with Crippen molar-refractivity contribution in [2.24, 2.45) is 0 Å². The lowest BCUT2D eigenvalue weighted by Crippen LogP contribution is -2.35. The average Bonchev–Trinajstić information content (AvgIpc) is 2.44. The van der Waals surface area contributed by atoms with Crippen molar-refractivity contribution in [1.82, 2.24) is 0 Å². The van der Waals surface area contributed by atoms with Crippen molar-refractivity contribution < 1.29 is 13.9 Å². The Morgan fingerprint density at radius 3 is 2.35 bits per heavy atom. The molecule has 0 aliphatic carbocycles. The minimum Gasteiger partial charge on any atom is -0.394 e. The summed E-state index contributed by atoms with van der Waals surface area (Å²) in [5.41, 5.74) is 0.592. The van der Waals surface area contributed by atoms with E-state index in [2.05, 4.69) is 21.2 Å². The molecule has 0 aromatic heterocycles. The molecule has 0 bridgehead atoms. The number of aliphatic hydroxyl groups is 1. The largest absolute Gasteiger partial charge is 0.394 e. The maximum Gasteiger partial charge on any atom is 0.137 e. The standard InChI is InChI=1S/C15H14BrF2NO/c1-15(9-20,10-2-7-14(18)13(16)8-10)19-12-5-3-11(17)4-6-12/h2-8,19-20H,9H2,1H3. The van der Waals surface area contributed by atoms with Gasteiger partial charge in [-0.05, 0) is 64.8 Å². The molecule has 0 saturated heterocycles. The summed E-state index contributed by atoms with van der Waals surface area (Å²) < 4.78 is 26.5. The Balaban J connectivity index is 2.32. The number of rotatable bonds is 4. The Morgan fingerprint density at radius 1 is 1.15 bits per heavy atom. The van der Waals surface area contributed by atoms with Crippen LogP contribution >= 0.6 is 15.9 Å². The van der Waals surface area contributed by atoms with E-state index in [-0.39, 0.29) is 18.2 Å². The van der Waals surface area contributed by atoms with Gasteiger partial charge in [0, 0.05) is 5.69 Å². The SMILES string of the molecule is CC(CO)(Nc1ccc(F)cc1)c1ccc(F)c(Br)c1. The minimum atomic E-state index is -0.798. The van der Waals surface area contributed by atoms with E-state index in [9.17, 15) is 13.9 Å². The Hall–Kier alpha value is -1.46. The molecule has 0 aliphatic rings. The molecule has 0 fully saturated rings. The lowest BCUT2D eigenvalue weighted by atomic mass is 9.92. The van der Waals surface area contributed by atoms with E-state index in [4.69, 9.17) is 0 Å². The van der Waals surface area contributed by atoms with Gasteiger partial charge in [0.1, 0.15) is 11.6 Å². The van der Waals surface area contributed by atoms with Crippen LogP contribution in [0.2, 0.25) is 0 Å². The first-order valence-corrected chi connectivity index (χ1v) is 6.84. The summed E-state index contributed by atoms with van der Waals surface area (Å²) in [6.07, 6.45) is 0. The van der Waals surface area contributed by atoms with Crippen LogP contribution in [0.1, 0.15) is 12.5 Å². The van der Waals surface area contributed by atoms with Crippen LogP contribution in [0.25, 0.3) is 0 Å². The van der Waals surface area contributed by atoms with Gasteiger partial charge in [-0.25, -0.2) is 8.78 Å². The van der Waals surface area contributed by atoms with E-state index in [0.717, 1.165) is 5.56 Å². The number of aliphatic hydroxyl groups excluding tert-OH is 1. The molecule has 2 nitrogen and oxygen atoms in total. The van der Waals surface area contributed by atoms with Gasteiger partial charge in [-0.2, -0.15) is 0 Å². The Kier molecular flexibility index (Phi) is 4.40. The molecule has 2 N–H and O–H groups in total. The van der Waals surface area contributed by atoms with E-state index >= 15 is 0 Å². The quantitative estimate of drug-likeness (QED) is 0.879. The normalized spacial score (nSPS) is 13.8. The molecular weight excluding hydrogens is 328 g/mol. The molecule has 2 aromatic rings. The topological polar surface area (TPSA) is 32.3 Å². The fourth-order valence-electron chi connectivity index (χ4n) is 1.89. The maximum atomic E-state index is 13.3. The zero-order valence-corrected chi connectivity index (χ0v) is 12.4. The molecule has 0 aliphatic heterocycles. The third-order valence-electron chi connectivity index (χ3n) is 3.14. The molecule has 5 heteroatoms. The summed E-state index contributed by atoms with van der Waals surface area (Å²) >= 11 is 3.13. The summed E-state index contributed by atoms with van der Waals surface area (Å²) in [5.74, 6) is -0.693. The lowest BCUT2D eigenvalue weighted by molar-refractivity contribution is 0.224. The van der Waals surface area contributed by atoms with Crippen LogP contribution in [0.5, 0.6) is 0 Å². The van der Waals surface area contributed by atoms with Gasteiger partial charge in [-0.1, -0.05) is 6.07 Å². The second-order valence-corrected chi connectivity index (χ2v) is 5.61. The molecule has 106 valence electrons. The van der Waals surface area contributed by atoms with Crippen molar-refractivity contribution in [3.8, 4) is 0 Å². The summed E-state index contributed by atoms with van der Waals surface area (Å²) in [6, 6.07) is 10.4. The number of nitrogens with one attached hydrogen (secondary N) is 1. The van der Waals surface area contributed by atoms with Gasteiger partial charge in [-0.15, -0.1) is 0 Å². The predicted molar refractivity (Wildman–Crippen MR) is 78.6 cm³/mol. The maximum absolute atomic E-state index is 13.3. The first kappa shape index (κ1) is 14.9. The summed E-state index contributed by atoms with van der Waals surface area (Å²) in [6.45, 7) is 1.60. The lowest BCUT2D eigenvalue weighted by Gasteiger charge is -2.30. The van der Waals surface area contributed by atoms with Crippen molar-refractivity contribution in [3.05, 3.63) is 64.1 Å². The van der Waals surface area contributed by atoms with Crippen molar-refractivity contribution in [3.63, 3.8) is 0 Å². The number of benzene rings is 2. The second kappa shape index (κ2) is 5.89. The number of hydrogen-bond acceptors (Lipinski definition) is 2. The Bertz CT molecular complexity index is 603. The zero-order chi connectivity index (χ0) is 14.8. The highest BCUT2D eigenvalue weighted by Gasteiger charge is 2.26. The summed E-state index contributed by atoms with van der Waals surface area (Å²) in [5, 5.41) is 12.8. The van der Waals surface area contributed by atoms with Gasteiger partial charge in [-0.3, -0.25) is 0 Å². The molecule has 20 heavy (non-hydrogen) atoms. The minimum absolute atomic E-state index is 0.192. The monoisotopic (exact) mass is 341 g/mol. The highest BCUT2D eigenvalue weighted by atomic mass is 79.9. The van der Waals surface area contributed by atoms with Crippen molar-refractivity contribution in [2.45, 2.75) is 12.5 Å². The zero-order valence-electron chi connectivity index (χ0n) is 10.8. The van der Waals surface area contributed by atoms with Gasteiger partial charge in [0.2, 0.25) is 0 Å². The second-order valence-electron chi connectivity index (χ2n) is 4.75. The van der Waals surface area contributed by atoms with E-state index in [1.54, 1.807) is 31.2 Å². The van der Waals surface area contributed by atoms with Crippen molar-refractivity contribution in [2.75, 3.05) is 11.9 Å². The Labute approximate surface area is 124 Å². The first-order valence-electron chi connectivity index (χ1n) is 6.05. The molecule has 1 unspecified atom stereocenters. The van der Waals surface area contributed by atoms with E-state index < -0.39 is 5.54 Å². The first-order chi connectivity index (χ1) is 9.44. The highest BCUT2D eigenvalue weighted by Crippen LogP contribution is 2.29. The molecule has 0 saturated carbocycles. The van der Waals surface area contributed by atoms with E-state index in [1.807, 2.05) is 0 Å². The fourth-order valence-corrected chi connectivity index (χ4v) is 2.27. The summed E-state index contributed by atoms with van der Waals surface area (Å²) in [4.78, 5) is 0. The van der Waals surface area contributed by atoms with Crippen LogP contribution in [0.3, 0.4) is 0 Å². The van der Waals surface area contributed by atoms with E-state index in [0.29, 0.717) is 10.2 Å². The van der Waals surface area contributed by atoms with Crippen LogP contribution in [-0.2, 0) is 5.54 Å². The van der Waals surface area contributed by atoms with Crippen LogP contribution < -0.4 is 5.32 Å². The molecule has 2 rings (SSSR count). The van der Waals surface area contributed by atoms with Gasteiger partial charge < -0.3 is 10.4 Å². The predicted octanol–water partition coefficient (Wildman–Crippen LogP) is 4.05. The van der Waals surface area contributed by atoms with Crippen LogP contribution in [-0.4, -0.2) is 11.7 Å². The number of hydrogen-bond donors (Lipinski definition) is 2. The van der Waals surface area contributed by atoms with Crippen molar-refractivity contribution in [1.29, 1.82) is 0 Å². The van der Waals surface area contributed by atoms with Gasteiger partial charge >= 0.3 is 0 Å². The van der Waals surface area contributed by atoms with Gasteiger partial charge in [0.25, 0.3) is 0 Å². The third kappa shape index (κ3) is 3.16. The summed E-state index contributed by atoms with van der Waals surface area (Å²) in [7, 11) is 0. The van der Waals surface area contributed by atoms with Gasteiger partial charge in [0.05, 0.1) is 16.6 Å². The third-order valence-corrected chi connectivity index (χ3v) is 3.75. The van der Waals surface area contributed by atoms with Crippen LogP contribution in [0.15, 0.2) is 46.9 Å². The Morgan fingerprint density at radius 2 is 1.80 bits per heavy atom. The number of anilines is 1. The van der Waals surface area contributed by atoms with Crippen LogP contribution in [0.4, 0.5) is 14.5 Å². The molecule has 0 radical (unpaired) electrons. The van der Waals surface area contributed by atoms with E-state index in [1.165, 1.54) is 18.2 Å². The fraction of sp³-hybridized carbons (Fsp3) is 0.200. The molecule has 0 amide bonds. The molecular formula is C15H14BrF2NO. The van der Waals surface area contributed by atoms with Crippen molar-refractivity contribution >= 4 is 21.6 Å². The molecule has 0 heterocycles. The molecule has 0 spiro atoms. The van der Waals surface area contributed by atoms with Crippen LogP contribution in [0, 0.1) is 11.6 Å². The molecule has 1 atom stereocenters. The highest BCUT2D eigenvalue weighted by molar-refractivity contribution is 9.10.